The summed E-state index contributed by atoms with van der Waals surface area (Å²) >= 11 is 0. The van der Waals surface area contributed by atoms with E-state index < -0.39 is 0 Å². The summed E-state index contributed by atoms with van der Waals surface area (Å²) in [6, 6.07) is 10.8. The Hall–Kier alpha value is -1.61. The smallest absolute Gasteiger partial charge is 0.136 e. The minimum absolute atomic E-state index is 0.330. The molecule has 2 heterocycles. The van der Waals surface area contributed by atoms with Gasteiger partial charge in [-0.2, -0.15) is 0 Å². The van der Waals surface area contributed by atoms with Crippen molar-refractivity contribution in [2.24, 2.45) is 11.7 Å². The molecule has 18 heavy (non-hydrogen) atoms. The maximum absolute atomic E-state index is 6.08. The van der Waals surface area contributed by atoms with Gasteiger partial charge in [-0.1, -0.05) is 31.2 Å². The monoisotopic (exact) mass is 241 g/mol. The second-order valence-electron chi connectivity index (χ2n) is 5.23. The van der Waals surface area contributed by atoms with E-state index in [1.165, 1.54) is 10.8 Å². The molecule has 0 radical (unpaired) electrons. The Labute approximate surface area is 108 Å². The molecule has 0 amide bonds. The molecule has 1 aliphatic rings. The average molecular weight is 241 g/mol. The van der Waals surface area contributed by atoms with Gasteiger partial charge in [-0.25, -0.2) is 4.98 Å². The molecule has 2 N–H and O–H groups in total. The van der Waals surface area contributed by atoms with Gasteiger partial charge < -0.3 is 10.6 Å². The fourth-order valence-corrected chi connectivity index (χ4v) is 2.71. The maximum atomic E-state index is 6.08. The van der Waals surface area contributed by atoms with E-state index in [2.05, 4.69) is 47.1 Å². The Kier molecular flexibility index (Phi) is 2.92. The largest absolute Gasteiger partial charge is 0.356 e. The molecule has 2 unspecified atom stereocenters. The molecule has 3 heteroatoms. The zero-order chi connectivity index (χ0) is 12.5. The summed E-state index contributed by atoms with van der Waals surface area (Å²) in [4.78, 5) is 6.95. The number of benzene rings is 1. The number of fused-ring (bicyclic) bond motifs is 1. The first-order valence-corrected chi connectivity index (χ1v) is 6.60. The van der Waals surface area contributed by atoms with Crippen LogP contribution in [0.15, 0.2) is 36.5 Å². The fraction of sp³-hybridized carbons (Fsp3) is 0.400. The Morgan fingerprint density at radius 2 is 2.11 bits per heavy atom. The molecule has 1 aliphatic heterocycles. The van der Waals surface area contributed by atoms with Crippen LogP contribution in [0.4, 0.5) is 5.82 Å². The zero-order valence-electron chi connectivity index (χ0n) is 10.7. The molecule has 3 rings (SSSR count). The van der Waals surface area contributed by atoms with Gasteiger partial charge in [0, 0.05) is 30.7 Å². The average Bonchev–Trinajstić information content (AvgIpc) is 2.41. The van der Waals surface area contributed by atoms with Crippen molar-refractivity contribution in [1.29, 1.82) is 0 Å². The number of rotatable bonds is 1. The quantitative estimate of drug-likeness (QED) is 0.833. The lowest BCUT2D eigenvalue weighted by Gasteiger charge is -2.36. The van der Waals surface area contributed by atoms with Crippen molar-refractivity contribution in [3.8, 4) is 0 Å². The summed E-state index contributed by atoms with van der Waals surface area (Å²) in [6.45, 7) is 4.23. The van der Waals surface area contributed by atoms with Crippen LogP contribution in [0.3, 0.4) is 0 Å². The summed E-state index contributed by atoms with van der Waals surface area (Å²) in [5.41, 5.74) is 6.08. The highest BCUT2D eigenvalue weighted by Crippen LogP contribution is 2.27. The van der Waals surface area contributed by atoms with Gasteiger partial charge >= 0.3 is 0 Å². The van der Waals surface area contributed by atoms with Gasteiger partial charge in [-0.05, 0) is 23.8 Å². The lowest BCUT2D eigenvalue weighted by molar-refractivity contribution is 0.382. The number of hydrogen-bond acceptors (Lipinski definition) is 3. The lowest BCUT2D eigenvalue weighted by Crippen LogP contribution is -2.46. The molecule has 1 fully saturated rings. The number of anilines is 1. The molecule has 2 atom stereocenters. The van der Waals surface area contributed by atoms with Crippen LogP contribution in [0.1, 0.15) is 13.3 Å². The van der Waals surface area contributed by atoms with Crippen LogP contribution in [0.5, 0.6) is 0 Å². The van der Waals surface area contributed by atoms with Crippen LogP contribution in [0.25, 0.3) is 10.8 Å². The molecule has 0 bridgehead atoms. The van der Waals surface area contributed by atoms with Gasteiger partial charge in [0.05, 0.1) is 0 Å². The number of piperidine rings is 1. The van der Waals surface area contributed by atoms with Crippen LogP contribution >= 0.6 is 0 Å². The predicted octanol–water partition coefficient (Wildman–Crippen LogP) is 2.41. The van der Waals surface area contributed by atoms with E-state index in [0.29, 0.717) is 12.0 Å². The second-order valence-corrected chi connectivity index (χ2v) is 5.23. The Bertz CT molecular complexity index is 547. The number of nitrogens with zero attached hydrogens (tertiary/aromatic N) is 2. The molecule has 0 saturated carbocycles. The molecule has 3 nitrogen and oxygen atoms in total. The minimum Gasteiger partial charge on any atom is -0.356 e. The highest BCUT2D eigenvalue weighted by atomic mass is 15.2. The normalized spacial score (nSPS) is 24.4. The van der Waals surface area contributed by atoms with Crippen LogP contribution in [0, 0.1) is 5.92 Å². The first kappa shape index (κ1) is 11.5. The van der Waals surface area contributed by atoms with E-state index in [9.17, 15) is 0 Å². The number of aromatic nitrogens is 1. The molecule has 1 aromatic carbocycles. The Morgan fingerprint density at radius 1 is 1.28 bits per heavy atom. The predicted molar refractivity (Wildman–Crippen MR) is 75.7 cm³/mol. The van der Waals surface area contributed by atoms with E-state index in [1.54, 1.807) is 0 Å². The van der Waals surface area contributed by atoms with E-state index in [-0.39, 0.29) is 0 Å². The molecule has 2 aromatic rings. The zero-order valence-corrected chi connectivity index (χ0v) is 10.7. The van der Waals surface area contributed by atoms with Crippen LogP contribution in [-0.4, -0.2) is 24.1 Å². The van der Waals surface area contributed by atoms with Gasteiger partial charge in [0.25, 0.3) is 0 Å². The highest BCUT2D eigenvalue weighted by molar-refractivity contribution is 5.92. The third-order valence-electron chi connectivity index (χ3n) is 3.92. The number of pyridine rings is 1. The molecular weight excluding hydrogens is 222 g/mol. The van der Waals surface area contributed by atoms with Crippen molar-refractivity contribution in [2.75, 3.05) is 18.0 Å². The third kappa shape index (κ3) is 1.95. The molecule has 0 spiro atoms. The Balaban J connectivity index is 1.99. The van der Waals surface area contributed by atoms with E-state index >= 15 is 0 Å². The second kappa shape index (κ2) is 4.58. The fourth-order valence-electron chi connectivity index (χ4n) is 2.71. The minimum atomic E-state index is 0.330. The van der Waals surface area contributed by atoms with Gasteiger partial charge in [0.15, 0.2) is 0 Å². The van der Waals surface area contributed by atoms with E-state index in [4.69, 9.17) is 5.73 Å². The first-order valence-electron chi connectivity index (χ1n) is 6.60. The Morgan fingerprint density at radius 3 is 2.94 bits per heavy atom. The molecule has 1 aromatic heterocycles. The van der Waals surface area contributed by atoms with Gasteiger partial charge in [-0.3, -0.25) is 0 Å². The summed E-state index contributed by atoms with van der Waals surface area (Å²) in [5.74, 6) is 1.63. The van der Waals surface area contributed by atoms with Crippen molar-refractivity contribution in [3.63, 3.8) is 0 Å². The van der Waals surface area contributed by atoms with Crippen LogP contribution in [0.2, 0.25) is 0 Å². The lowest BCUT2D eigenvalue weighted by atomic mass is 9.94. The topological polar surface area (TPSA) is 42.2 Å². The number of nitrogens with two attached hydrogens (primary N) is 1. The van der Waals surface area contributed by atoms with Crippen molar-refractivity contribution in [2.45, 2.75) is 19.4 Å². The highest BCUT2D eigenvalue weighted by Gasteiger charge is 2.24. The molecule has 1 saturated heterocycles. The molecule has 0 aliphatic carbocycles. The molecular formula is C15H19N3. The standard InChI is InChI=1S/C15H19N3/c1-11-10-18(9-7-14(11)16)15-13-5-3-2-4-12(13)6-8-17-15/h2-6,8,11,14H,7,9-10,16H2,1H3. The summed E-state index contributed by atoms with van der Waals surface area (Å²) < 4.78 is 0. The first-order chi connectivity index (χ1) is 8.75. The summed E-state index contributed by atoms with van der Waals surface area (Å²) in [5, 5.41) is 2.49. The SMILES string of the molecule is CC1CN(c2nccc3ccccc23)CCC1N. The van der Waals surface area contributed by atoms with Gasteiger partial charge in [0.2, 0.25) is 0 Å². The van der Waals surface area contributed by atoms with E-state index in [1.807, 2.05) is 6.20 Å². The number of hydrogen-bond donors (Lipinski definition) is 1. The summed E-state index contributed by atoms with van der Waals surface area (Å²) in [7, 11) is 0. The third-order valence-corrected chi connectivity index (χ3v) is 3.92. The van der Waals surface area contributed by atoms with Crippen molar-refractivity contribution in [3.05, 3.63) is 36.5 Å². The van der Waals surface area contributed by atoms with Crippen molar-refractivity contribution < 1.29 is 0 Å². The van der Waals surface area contributed by atoms with Crippen molar-refractivity contribution in [1.82, 2.24) is 4.98 Å². The van der Waals surface area contributed by atoms with Crippen LogP contribution < -0.4 is 10.6 Å². The van der Waals surface area contributed by atoms with Crippen LogP contribution in [-0.2, 0) is 0 Å². The van der Waals surface area contributed by atoms with Crippen molar-refractivity contribution >= 4 is 16.6 Å². The molecule has 94 valence electrons. The van der Waals surface area contributed by atoms with E-state index in [0.717, 1.165) is 25.3 Å². The summed E-state index contributed by atoms with van der Waals surface area (Å²) in [6.07, 6.45) is 2.95. The van der Waals surface area contributed by atoms with Gasteiger partial charge in [0.1, 0.15) is 5.82 Å². The maximum Gasteiger partial charge on any atom is 0.136 e. The van der Waals surface area contributed by atoms with Gasteiger partial charge in [-0.15, -0.1) is 0 Å².